The van der Waals surface area contributed by atoms with Crippen LogP contribution in [0.3, 0.4) is 0 Å². The number of rotatable bonds is 2. The van der Waals surface area contributed by atoms with Crippen molar-refractivity contribution in [2.24, 2.45) is 11.1 Å². The molecule has 1 aromatic carbocycles. The van der Waals surface area contributed by atoms with Crippen molar-refractivity contribution >= 4 is 0 Å². The molecule has 92 valence electrons. The zero-order valence-corrected chi connectivity index (χ0v) is 10.2. The van der Waals surface area contributed by atoms with E-state index in [-0.39, 0.29) is 6.04 Å². The molecule has 2 aliphatic rings. The summed E-state index contributed by atoms with van der Waals surface area (Å²) in [6, 6.07) is 6.22. The zero-order valence-electron chi connectivity index (χ0n) is 10.2. The van der Waals surface area contributed by atoms with E-state index < -0.39 is 0 Å². The molecule has 0 bridgehead atoms. The molecule has 17 heavy (non-hydrogen) atoms. The van der Waals surface area contributed by atoms with Gasteiger partial charge in [-0.05, 0) is 36.0 Å². The highest BCUT2D eigenvalue weighted by atomic mass is 16.5. The number of ether oxygens (including phenoxy) is 2. The SMILES string of the molecule is CC1(C(N)c2ccc3c(c2)OCCCO3)CC1. The number of benzene rings is 1. The second-order valence-electron chi connectivity index (χ2n) is 5.39. The molecule has 1 atom stereocenters. The molecule has 1 aliphatic carbocycles. The lowest BCUT2D eigenvalue weighted by Gasteiger charge is -2.20. The van der Waals surface area contributed by atoms with E-state index in [1.807, 2.05) is 6.07 Å². The fraction of sp³-hybridized carbons (Fsp3) is 0.571. The first-order valence-corrected chi connectivity index (χ1v) is 6.34. The zero-order chi connectivity index (χ0) is 11.9. The van der Waals surface area contributed by atoms with E-state index in [4.69, 9.17) is 15.2 Å². The predicted molar refractivity (Wildman–Crippen MR) is 66.3 cm³/mol. The van der Waals surface area contributed by atoms with Gasteiger partial charge >= 0.3 is 0 Å². The van der Waals surface area contributed by atoms with Crippen LogP contribution in [0.1, 0.15) is 37.8 Å². The molecular weight excluding hydrogens is 214 g/mol. The Balaban J connectivity index is 1.89. The third-order valence-electron chi connectivity index (χ3n) is 3.92. The summed E-state index contributed by atoms with van der Waals surface area (Å²) < 4.78 is 11.3. The van der Waals surface area contributed by atoms with Gasteiger partial charge in [-0.15, -0.1) is 0 Å². The van der Waals surface area contributed by atoms with Crippen molar-refractivity contribution in [1.29, 1.82) is 0 Å². The van der Waals surface area contributed by atoms with Crippen LogP contribution in [0, 0.1) is 5.41 Å². The Labute approximate surface area is 102 Å². The minimum Gasteiger partial charge on any atom is -0.490 e. The predicted octanol–water partition coefficient (Wildman–Crippen LogP) is 2.65. The Morgan fingerprint density at radius 3 is 2.59 bits per heavy atom. The van der Waals surface area contributed by atoms with Gasteiger partial charge in [0, 0.05) is 12.5 Å². The molecule has 3 nitrogen and oxygen atoms in total. The maximum absolute atomic E-state index is 6.31. The Morgan fingerprint density at radius 1 is 1.18 bits per heavy atom. The number of fused-ring (bicyclic) bond motifs is 1. The number of nitrogens with two attached hydrogens (primary N) is 1. The maximum atomic E-state index is 6.31. The quantitative estimate of drug-likeness (QED) is 0.854. The van der Waals surface area contributed by atoms with Crippen LogP contribution in [0.25, 0.3) is 0 Å². The van der Waals surface area contributed by atoms with E-state index in [1.165, 1.54) is 12.8 Å². The van der Waals surface area contributed by atoms with Gasteiger partial charge in [-0.3, -0.25) is 0 Å². The van der Waals surface area contributed by atoms with Gasteiger partial charge in [0.15, 0.2) is 11.5 Å². The van der Waals surface area contributed by atoms with Gasteiger partial charge in [0.1, 0.15) is 0 Å². The Bertz CT molecular complexity index is 426. The highest BCUT2D eigenvalue weighted by Crippen LogP contribution is 2.53. The van der Waals surface area contributed by atoms with Crippen LogP contribution in [0.5, 0.6) is 11.5 Å². The average Bonchev–Trinajstić information content (AvgIpc) is 3.11. The van der Waals surface area contributed by atoms with Crippen molar-refractivity contribution in [1.82, 2.24) is 0 Å². The lowest BCUT2D eigenvalue weighted by Crippen LogP contribution is -2.20. The first-order chi connectivity index (χ1) is 8.19. The van der Waals surface area contributed by atoms with Gasteiger partial charge in [0.2, 0.25) is 0 Å². The number of hydrogen-bond acceptors (Lipinski definition) is 3. The maximum Gasteiger partial charge on any atom is 0.161 e. The highest BCUT2D eigenvalue weighted by molar-refractivity contribution is 5.44. The van der Waals surface area contributed by atoms with Crippen LogP contribution >= 0.6 is 0 Å². The van der Waals surface area contributed by atoms with E-state index in [1.54, 1.807) is 0 Å². The summed E-state index contributed by atoms with van der Waals surface area (Å²) in [5.74, 6) is 1.69. The summed E-state index contributed by atoms with van der Waals surface area (Å²) in [4.78, 5) is 0. The minimum atomic E-state index is 0.111. The second-order valence-corrected chi connectivity index (χ2v) is 5.39. The first-order valence-electron chi connectivity index (χ1n) is 6.34. The molecule has 2 N–H and O–H groups in total. The van der Waals surface area contributed by atoms with Crippen molar-refractivity contribution in [2.75, 3.05) is 13.2 Å². The lowest BCUT2D eigenvalue weighted by atomic mass is 9.92. The van der Waals surface area contributed by atoms with Crippen LogP contribution in [0.4, 0.5) is 0 Å². The summed E-state index contributed by atoms with van der Waals surface area (Å²) in [6.45, 7) is 3.71. The summed E-state index contributed by atoms with van der Waals surface area (Å²) >= 11 is 0. The third-order valence-corrected chi connectivity index (χ3v) is 3.92. The molecule has 1 heterocycles. The van der Waals surface area contributed by atoms with Crippen molar-refractivity contribution in [3.63, 3.8) is 0 Å². The normalized spacial score (nSPS) is 22.7. The summed E-state index contributed by atoms with van der Waals surface area (Å²) in [7, 11) is 0. The van der Waals surface area contributed by atoms with Gasteiger partial charge in [0.25, 0.3) is 0 Å². The van der Waals surface area contributed by atoms with Crippen molar-refractivity contribution < 1.29 is 9.47 Å². The molecule has 1 aliphatic heterocycles. The van der Waals surface area contributed by atoms with Crippen molar-refractivity contribution in [3.05, 3.63) is 23.8 Å². The summed E-state index contributed by atoms with van der Waals surface area (Å²) in [5, 5.41) is 0. The average molecular weight is 233 g/mol. The topological polar surface area (TPSA) is 44.5 Å². The highest BCUT2D eigenvalue weighted by Gasteiger charge is 2.43. The van der Waals surface area contributed by atoms with Crippen molar-refractivity contribution in [3.8, 4) is 11.5 Å². The van der Waals surface area contributed by atoms with Crippen LogP contribution < -0.4 is 15.2 Å². The van der Waals surface area contributed by atoms with E-state index in [9.17, 15) is 0 Å². The van der Waals surface area contributed by atoms with Gasteiger partial charge in [-0.2, -0.15) is 0 Å². The van der Waals surface area contributed by atoms with E-state index in [2.05, 4.69) is 19.1 Å². The fourth-order valence-electron chi connectivity index (χ4n) is 2.28. The Kier molecular flexibility index (Phi) is 2.51. The van der Waals surface area contributed by atoms with Crippen molar-refractivity contribution in [2.45, 2.75) is 32.2 Å². The van der Waals surface area contributed by atoms with Gasteiger partial charge in [-0.1, -0.05) is 13.0 Å². The molecule has 0 saturated heterocycles. The molecule has 0 aromatic heterocycles. The third kappa shape index (κ3) is 2.00. The molecule has 1 aromatic rings. The largest absolute Gasteiger partial charge is 0.490 e. The number of hydrogen-bond donors (Lipinski definition) is 1. The fourth-order valence-corrected chi connectivity index (χ4v) is 2.28. The minimum absolute atomic E-state index is 0.111. The van der Waals surface area contributed by atoms with Gasteiger partial charge < -0.3 is 15.2 Å². The second kappa shape index (κ2) is 3.91. The molecule has 3 rings (SSSR count). The van der Waals surface area contributed by atoms with Gasteiger partial charge in [0.05, 0.1) is 13.2 Å². The van der Waals surface area contributed by atoms with E-state index in [0.717, 1.165) is 36.7 Å². The van der Waals surface area contributed by atoms with Crippen LogP contribution in [0.2, 0.25) is 0 Å². The molecule has 0 amide bonds. The first kappa shape index (κ1) is 10.9. The summed E-state index contributed by atoms with van der Waals surface area (Å²) in [6.07, 6.45) is 3.39. The summed E-state index contributed by atoms with van der Waals surface area (Å²) in [5.41, 5.74) is 7.76. The molecule has 1 saturated carbocycles. The smallest absolute Gasteiger partial charge is 0.161 e. The molecule has 0 spiro atoms. The molecule has 1 unspecified atom stereocenters. The molecule has 0 radical (unpaired) electrons. The lowest BCUT2D eigenvalue weighted by molar-refractivity contribution is 0.297. The van der Waals surface area contributed by atoms with E-state index in [0.29, 0.717) is 5.41 Å². The van der Waals surface area contributed by atoms with Gasteiger partial charge in [-0.25, -0.2) is 0 Å². The molecule has 1 fully saturated rings. The van der Waals surface area contributed by atoms with Crippen LogP contribution in [-0.4, -0.2) is 13.2 Å². The molecular formula is C14H19NO2. The Morgan fingerprint density at radius 2 is 1.88 bits per heavy atom. The Hall–Kier alpha value is -1.22. The standard InChI is InChI=1S/C14H19NO2/c1-14(5-6-14)13(15)10-3-4-11-12(9-10)17-8-2-7-16-11/h3-4,9,13H,2,5-8,15H2,1H3. The van der Waals surface area contributed by atoms with E-state index >= 15 is 0 Å². The van der Waals surface area contributed by atoms with Crippen LogP contribution in [0.15, 0.2) is 18.2 Å². The molecule has 3 heteroatoms. The van der Waals surface area contributed by atoms with Crippen LogP contribution in [-0.2, 0) is 0 Å². The monoisotopic (exact) mass is 233 g/mol.